The van der Waals surface area contributed by atoms with Crippen LogP contribution in [0.1, 0.15) is 19.8 Å². The van der Waals surface area contributed by atoms with Gasteiger partial charge in [-0.05, 0) is 25.5 Å². The number of aromatic nitrogens is 2. The van der Waals surface area contributed by atoms with E-state index in [-0.39, 0.29) is 11.7 Å². The van der Waals surface area contributed by atoms with Crippen molar-refractivity contribution < 1.29 is 9.53 Å². The third kappa shape index (κ3) is 4.79. The van der Waals surface area contributed by atoms with Crippen molar-refractivity contribution in [3.63, 3.8) is 0 Å². The molecule has 0 saturated heterocycles. The Kier molecular flexibility index (Phi) is 6.75. The third-order valence-electron chi connectivity index (χ3n) is 2.71. The lowest BCUT2D eigenvalue weighted by Crippen LogP contribution is -2.13. The van der Waals surface area contributed by atoms with Gasteiger partial charge in [-0.25, -0.2) is 4.79 Å². The fraction of sp³-hybridized carbons (Fsp3) is 0.333. The van der Waals surface area contributed by atoms with Gasteiger partial charge in [0.25, 0.3) is 0 Å². The fourth-order valence-corrected chi connectivity index (χ4v) is 1.88. The second kappa shape index (κ2) is 8.32. The largest absolute Gasteiger partial charge is 0.469 e. The second-order valence-corrected chi connectivity index (χ2v) is 4.76. The van der Waals surface area contributed by atoms with E-state index in [0.29, 0.717) is 18.7 Å². The first-order chi connectivity index (χ1) is 10.0. The Labute approximate surface area is 128 Å². The standard InChI is InChI=1S/C10H10N2O.C5H9ClO2/c1-7(2)12-9-6-4-3-5-8(9)11-10(12)13;1-8-5(7)3-2-4-6/h3-6H,1H2,2H3,(H,11,13);2-4H2,1H3. The summed E-state index contributed by atoms with van der Waals surface area (Å²) in [6, 6.07) is 7.55. The number of ether oxygens (including phenoxy) is 1. The summed E-state index contributed by atoms with van der Waals surface area (Å²) < 4.78 is 5.92. The number of methoxy groups -OCH3 is 1. The molecule has 0 amide bonds. The van der Waals surface area contributed by atoms with Gasteiger partial charge in [0, 0.05) is 18.0 Å². The summed E-state index contributed by atoms with van der Waals surface area (Å²) >= 11 is 5.29. The topological polar surface area (TPSA) is 64.1 Å². The van der Waals surface area contributed by atoms with Crippen LogP contribution in [0.5, 0.6) is 0 Å². The zero-order valence-corrected chi connectivity index (χ0v) is 12.9. The summed E-state index contributed by atoms with van der Waals surface area (Å²) in [5, 5.41) is 0. The highest BCUT2D eigenvalue weighted by atomic mass is 35.5. The molecule has 0 saturated carbocycles. The normalized spacial score (nSPS) is 9.86. The lowest BCUT2D eigenvalue weighted by Gasteiger charge is -1.98. The van der Waals surface area contributed by atoms with Crippen molar-refractivity contribution in [2.45, 2.75) is 19.8 Å². The van der Waals surface area contributed by atoms with E-state index in [0.717, 1.165) is 16.7 Å². The molecule has 2 aromatic rings. The Hall–Kier alpha value is -2.01. The number of hydrogen-bond donors (Lipinski definition) is 1. The summed E-state index contributed by atoms with van der Waals surface area (Å²) in [7, 11) is 1.37. The molecule has 0 aliphatic heterocycles. The van der Waals surface area contributed by atoms with Gasteiger partial charge in [0.2, 0.25) is 0 Å². The number of alkyl halides is 1. The Morgan fingerprint density at radius 3 is 2.67 bits per heavy atom. The van der Waals surface area contributed by atoms with Crippen molar-refractivity contribution in [3.8, 4) is 0 Å². The van der Waals surface area contributed by atoms with Gasteiger partial charge >= 0.3 is 11.7 Å². The molecule has 0 aliphatic rings. The van der Waals surface area contributed by atoms with Crippen molar-refractivity contribution in [3.05, 3.63) is 41.3 Å². The van der Waals surface area contributed by atoms with Gasteiger partial charge in [-0.2, -0.15) is 0 Å². The molecule has 5 nitrogen and oxygen atoms in total. The maximum absolute atomic E-state index is 11.4. The van der Waals surface area contributed by atoms with Crippen molar-refractivity contribution in [2.75, 3.05) is 13.0 Å². The summed E-state index contributed by atoms with van der Waals surface area (Å²) in [4.78, 5) is 24.5. The Balaban J connectivity index is 0.000000240. The Morgan fingerprint density at radius 1 is 1.43 bits per heavy atom. The summed E-state index contributed by atoms with van der Waals surface area (Å²) in [5.74, 6) is 0.334. The van der Waals surface area contributed by atoms with Crippen LogP contribution in [-0.2, 0) is 9.53 Å². The fourth-order valence-electron chi connectivity index (χ4n) is 1.75. The maximum atomic E-state index is 11.4. The SMILES string of the molecule is C=C(C)n1c(=O)[nH]c2ccccc21.COC(=O)CCCCl. The van der Waals surface area contributed by atoms with E-state index in [1.807, 2.05) is 31.2 Å². The number of imidazole rings is 1. The van der Waals surface area contributed by atoms with E-state index in [1.165, 1.54) is 7.11 Å². The maximum Gasteiger partial charge on any atom is 0.330 e. The van der Waals surface area contributed by atoms with Crippen LogP contribution >= 0.6 is 11.6 Å². The van der Waals surface area contributed by atoms with Crippen LogP contribution in [-0.4, -0.2) is 28.5 Å². The number of allylic oxidation sites excluding steroid dienone is 1. The minimum atomic E-state index is -0.189. The van der Waals surface area contributed by atoms with Crippen LogP contribution in [0.15, 0.2) is 35.6 Å². The van der Waals surface area contributed by atoms with Crippen molar-refractivity contribution >= 4 is 34.3 Å². The van der Waals surface area contributed by atoms with Gasteiger partial charge in [-0.3, -0.25) is 9.36 Å². The quantitative estimate of drug-likeness (QED) is 0.697. The van der Waals surface area contributed by atoms with Crippen LogP contribution in [0.25, 0.3) is 16.7 Å². The number of halogens is 1. The van der Waals surface area contributed by atoms with Gasteiger partial charge in [0.05, 0.1) is 18.1 Å². The van der Waals surface area contributed by atoms with Gasteiger partial charge in [-0.15, -0.1) is 11.6 Å². The molecule has 1 aromatic heterocycles. The molecule has 21 heavy (non-hydrogen) atoms. The molecular formula is C15H19ClN2O3. The highest BCUT2D eigenvalue weighted by Crippen LogP contribution is 2.11. The first-order valence-corrected chi connectivity index (χ1v) is 7.03. The predicted octanol–water partition coefficient (Wildman–Crippen LogP) is 3.00. The van der Waals surface area contributed by atoms with E-state index in [1.54, 1.807) is 4.57 Å². The lowest BCUT2D eigenvalue weighted by molar-refractivity contribution is -0.140. The molecule has 2 rings (SSSR count). The number of fused-ring (bicyclic) bond motifs is 1. The van der Waals surface area contributed by atoms with E-state index in [2.05, 4.69) is 16.3 Å². The highest BCUT2D eigenvalue weighted by Gasteiger charge is 2.04. The number of carbonyl (C=O) groups excluding carboxylic acids is 1. The number of nitrogens with one attached hydrogen (secondary N) is 1. The molecule has 6 heteroatoms. The molecule has 114 valence electrons. The number of carbonyl (C=O) groups is 1. The van der Waals surface area contributed by atoms with E-state index in [9.17, 15) is 9.59 Å². The lowest BCUT2D eigenvalue weighted by atomic mass is 10.3. The minimum absolute atomic E-state index is 0.131. The van der Waals surface area contributed by atoms with E-state index >= 15 is 0 Å². The molecule has 0 radical (unpaired) electrons. The first kappa shape index (κ1) is 17.0. The summed E-state index contributed by atoms with van der Waals surface area (Å²) in [6.07, 6.45) is 1.13. The smallest absolute Gasteiger partial charge is 0.330 e. The molecule has 1 aromatic carbocycles. The minimum Gasteiger partial charge on any atom is -0.469 e. The predicted molar refractivity (Wildman–Crippen MR) is 85.5 cm³/mol. The molecule has 1 N–H and O–H groups in total. The molecule has 0 unspecified atom stereocenters. The Morgan fingerprint density at radius 2 is 2.10 bits per heavy atom. The van der Waals surface area contributed by atoms with E-state index < -0.39 is 0 Å². The van der Waals surface area contributed by atoms with Gasteiger partial charge in [0.15, 0.2) is 0 Å². The van der Waals surface area contributed by atoms with Gasteiger partial charge in [0.1, 0.15) is 0 Å². The number of hydrogen-bond acceptors (Lipinski definition) is 3. The van der Waals surface area contributed by atoms with Crippen LogP contribution in [0.4, 0.5) is 0 Å². The average molecular weight is 311 g/mol. The number of nitrogens with zero attached hydrogens (tertiary/aromatic N) is 1. The van der Waals surface area contributed by atoms with Gasteiger partial charge in [-0.1, -0.05) is 18.7 Å². The van der Waals surface area contributed by atoms with Crippen molar-refractivity contribution in [1.82, 2.24) is 9.55 Å². The second-order valence-electron chi connectivity index (χ2n) is 4.39. The number of esters is 1. The molecule has 1 heterocycles. The van der Waals surface area contributed by atoms with Crippen LogP contribution in [0, 0.1) is 0 Å². The molecular weight excluding hydrogens is 292 g/mol. The Bertz CT molecular complexity index is 673. The molecule has 0 fully saturated rings. The zero-order chi connectivity index (χ0) is 15.8. The molecule has 0 bridgehead atoms. The summed E-state index contributed by atoms with van der Waals surface area (Å²) in [5.41, 5.74) is 2.31. The summed E-state index contributed by atoms with van der Waals surface area (Å²) in [6.45, 7) is 5.56. The average Bonchev–Trinajstić information content (AvgIpc) is 2.81. The monoisotopic (exact) mass is 310 g/mol. The number of para-hydroxylation sites is 2. The number of benzene rings is 1. The van der Waals surface area contributed by atoms with Crippen LogP contribution < -0.4 is 5.69 Å². The molecule has 0 atom stereocenters. The van der Waals surface area contributed by atoms with Crippen molar-refractivity contribution in [2.24, 2.45) is 0 Å². The molecule has 0 aliphatic carbocycles. The zero-order valence-electron chi connectivity index (χ0n) is 12.2. The van der Waals surface area contributed by atoms with Crippen LogP contribution in [0.2, 0.25) is 0 Å². The number of aromatic amines is 1. The number of H-pyrrole nitrogens is 1. The highest BCUT2D eigenvalue weighted by molar-refractivity contribution is 6.17. The molecule has 0 spiro atoms. The van der Waals surface area contributed by atoms with E-state index in [4.69, 9.17) is 11.6 Å². The van der Waals surface area contributed by atoms with Gasteiger partial charge < -0.3 is 9.72 Å². The van der Waals surface area contributed by atoms with Crippen LogP contribution in [0.3, 0.4) is 0 Å². The van der Waals surface area contributed by atoms with Crippen molar-refractivity contribution in [1.29, 1.82) is 0 Å². The third-order valence-corrected chi connectivity index (χ3v) is 2.98. The first-order valence-electron chi connectivity index (χ1n) is 6.49. The number of rotatable bonds is 4.